The first kappa shape index (κ1) is 32.7. The Kier molecular flexibility index (Phi) is 6.62. The fraction of sp³-hybridized carbons (Fsp3) is 0. The summed E-state index contributed by atoms with van der Waals surface area (Å²) in [5.41, 5.74) is 9.72. The zero-order valence-electron chi connectivity index (χ0n) is 32.2. The summed E-state index contributed by atoms with van der Waals surface area (Å²) in [5, 5.41) is 22.6. The molecule has 0 amide bonds. The van der Waals surface area contributed by atoms with Gasteiger partial charge >= 0.3 is 0 Å². The number of benzene rings is 10. The molecule has 0 saturated heterocycles. The van der Waals surface area contributed by atoms with Crippen LogP contribution in [0.4, 0.5) is 0 Å². The second kappa shape index (κ2) is 12.2. The summed E-state index contributed by atoms with van der Waals surface area (Å²) in [6.07, 6.45) is 0. The van der Waals surface area contributed by atoms with E-state index >= 15 is 0 Å². The SMILES string of the molecule is c1ccc2c(c1)c1ccccc1c1c2c2cc3sccc3cc2n1-c1ccc(-c2ccc(-n3c4ccc5ccsc5c4c4c5ccccc5c5ccccc5c43)cc2)cc1. The first-order valence-corrected chi connectivity index (χ1v) is 22.2. The van der Waals surface area contributed by atoms with Crippen molar-refractivity contribution in [2.75, 3.05) is 0 Å². The van der Waals surface area contributed by atoms with Crippen LogP contribution in [0.5, 0.6) is 0 Å². The van der Waals surface area contributed by atoms with Crippen molar-refractivity contribution >= 4 is 130 Å². The number of aromatic nitrogens is 2. The quantitative estimate of drug-likeness (QED) is 0.158. The zero-order valence-corrected chi connectivity index (χ0v) is 33.8. The van der Waals surface area contributed by atoms with Crippen molar-refractivity contribution < 1.29 is 0 Å². The lowest BCUT2D eigenvalue weighted by Gasteiger charge is -2.14. The number of hydrogen-bond acceptors (Lipinski definition) is 2. The lowest BCUT2D eigenvalue weighted by atomic mass is 9.96. The fourth-order valence-corrected chi connectivity index (χ4v) is 12.2. The number of rotatable bonds is 3. The highest BCUT2D eigenvalue weighted by Gasteiger charge is 2.22. The van der Waals surface area contributed by atoms with Gasteiger partial charge in [0.25, 0.3) is 0 Å². The van der Waals surface area contributed by atoms with Crippen molar-refractivity contribution in [2.24, 2.45) is 0 Å². The van der Waals surface area contributed by atoms with Gasteiger partial charge in [0, 0.05) is 53.1 Å². The molecule has 14 aromatic rings. The third kappa shape index (κ3) is 4.36. The van der Waals surface area contributed by atoms with Gasteiger partial charge in [-0.2, -0.15) is 0 Å². The fourth-order valence-electron chi connectivity index (χ4n) is 10.5. The molecular formula is C56H32N2S2. The Hall–Kier alpha value is -7.24. The van der Waals surface area contributed by atoms with Crippen LogP contribution in [0.2, 0.25) is 0 Å². The Labute approximate surface area is 352 Å². The van der Waals surface area contributed by atoms with E-state index in [2.05, 4.69) is 202 Å². The van der Waals surface area contributed by atoms with E-state index < -0.39 is 0 Å². The Balaban J connectivity index is 0.956. The standard InChI is InChI=1S/C56H32N2S2/c1-5-13-43-39(9-1)41-11-3-7-15-45(41)54-51(43)47-32-50-36(28-29-59-50)31-49(47)58(54)38-24-19-34(20-25-38)33-17-22-37(23-18-33)57-48-26-21-35-27-30-60-56(35)53(48)52-44-14-6-2-10-40(44)42-12-4-8-16-46(42)55(52)57/h1-32H. The Bertz CT molecular complexity index is 4050. The van der Waals surface area contributed by atoms with Gasteiger partial charge < -0.3 is 9.13 Å². The van der Waals surface area contributed by atoms with E-state index in [1.807, 2.05) is 22.7 Å². The van der Waals surface area contributed by atoms with Gasteiger partial charge in [-0.25, -0.2) is 0 Å². The average Bonchev–Trinajstić information content (AvgIpc) is 4.12. The van der Waals surface area contributed by atoms with E-state index in [1.165, 1.54) is 118 Å². The van der Waals surface area contributed by atoms with Crippen LogP contribution < -0.4 is 0 Å². The molecule has 0 N–H and O–H groups in total. The second-order valence-corrected chi connectivity index (χ2v) is 17.9. The lowest BCUT2D eigenvalue weighted by molar-refractivity contribution is 1.18. The summed E-state index contributed by atoms with van der Waals surface area (Å²) in [5.74, 6) is 0. The van der Waals surface area contributed by atoms with Crippen molar-refractivity contribution in [3.63, 3.8) is 0 Å². The number of nitrogens with zero attached hydrogens (tertiary/aromatic N) is 2. The molecule has 0 aliphatic rings. The number of thiophene rings is 2. The third-order valence-corrected chi connectivity index (χ3v) is 14.8. The van der Waals surface area contributed by atoms with Crippen molar-refractivity contribution in [1.82, 2.24) is 9.13 Å². The minimum absolute atomic E-state index is 1.16. The molecule has 0 bridgehead atoms. The maximum Gasteiger partial charge on any atom is 0.0626 e. The zero-order chi connectivity index (χ0) is 39.1. The lowest BCUT2D eigenvalue weighted by Crippen LogP contribution is -1.96. The summed E-state index contributed by atoms with van der Waals surface area (Å²) < 4.78 is 7.67. The highest BCUT2D eigenvalue weighted by Crippen LogP contribution is 2.47. The smallest absolute Gasteiger partial charge is 0.0626 e. The highest BCUT2D eigenvalue weighted by atomic mass is 32.1. The number of fused-ring (bicyclic) bond motifs is 19. The Morgan fingerprint density at radius 2 is 0.800 bits per heavy atom. The maximum atomic E-state index is 2.51. The van der Waals surface area contributed by atoms with Gasteiger partial charge in [0.15, 0.2) is 0 Å². The summed E-state index contributed by atoms with van der Waals surface area (Å²) in [6.45, 7) is 0. The van der Waals surface area contributed by atoms with Crippen molar-refractivity contribution in [3.05, 3.63) is 193 Å². The topological polar surface area (TPSA) is 9.86 Å². The molecule has 0 fully saturated rings. The predicted octanol–water partition coefficient (Wildman–Crippen LogP) is 16.6. The molecule has 0 aliphatic carbocycles. The van der Waals surface area contributed by atoms with Crippen LogP contribution in [0.25, 0.3) is 129 Å². The normalized spacial score (nSPS) is 12.3. The molecule has 0 unspecified atom stereocenters. The number of hydrogen-bond donors (Lipinski definition) is 0. The molecule has 0 spiro atoms. The molecule has 0 radical (unpaired) electrons. The van der Waals surface area contributed by atoms with Crippen LogP contribution in [0.3, 0.4) is 0 Å². The molecular weight excluding hydrogens is 765 g/mol. The minimum atomic E-state index is 1.16. The van der Waals surface area contributed by atoms with Crippen molar-refractivity contribution in [3.8, 4) is 22.5 Å². The third-order valence-electron chi connectivity index (χ3n) is 13.0. The molecule has 2 nitrogen and oxygen atoms in total. The van der Waals surface area contributed by atoms with Crippen molar-refractivity contribution in [2.45, 2.75) is 0 Å². The molecule has 60 heavy (non-hydrogen) atoms. The van der Waals surface area contributed by atoms with Gasteiger partial charge in [0.05, 0.1) is 22.1 Å². The maximum absolute atomic E-state index is 2.51. The van der Waals surface area contributed by atoms with Crippen LogP contribution in [0, 0.1) is 0 Å². The van der Waals surface area contributed by atoms with E-state index in [-0.39, 0.29) is 0 Å². The molecule has 14 rings (SSSR count). The Morgan fingerprint density at radius 3 is 1.42 bits per heavy atom. The molecule has 278 valence electrons. The minimum Gasteiger partial charge on any atom is -0.309 e. The van der Waals surface area contributed by atoms with Crippen molar-refractivity contribution in [1.29, 1.82) is 0 Å². The molecule has 0 atom stereocenters. The summed E-state index contributed by atoms with van der Waals surface area (Å²) in [7, 11) is 0. The van der Waals surface area contributed by atoms with Gasteiger partial charge in [0.1, 0.15) is 0 Å². The second-order valence-electron chi connectivity index (χ2n) is 16.0. The summed E-state index contributed by atoms with van der Waals surface area (Å²) in [4.78, 5) is 0. The Morgan fingerprint density at radius 1 is 0.317 bits per heavy atom. The van der Waals surface area contributed by atoms with Gasteiger partial charge in [-0.15, -0.1) is 22.7 Å². The molecule has 4 heterocycles. The van der Waals surface area contributed by atoms with E-state index in [0.717, 1.165) is 11.4 Å². The monoisotopic (exact) mass is 796 g/mol. The summed E-state index contributed by atoms with van der Waals surface area (Å²) in [6, 6.07) is 68.0. The largest absolute Gasteiger partial charge is 0.309 e. The first-order valence-electron chi connectivity index (χ1n) is 20.5. The van der Waals surface area contributed by atoms with Crippen LogP contribution in [-0.4, -0.2) is 9.13 Å². The predicted molar refractivity (Wildman–Crippen MR) is 261 cm³/mol. The van der Waals surface area contributed by atoms with E-state index in [0.29, 0.717) is 0 Å². The van der Waals surface area contributed by atoms with E-state index in [4.69, 9.17) is 0 Å². The van der Waals surface area contributed by atoms with Gasteiger partial charge in [-0.1, -0.05) is 127 Å². The van der Waals surface area contributed by atoms with E-state index in [1.54, 1.807) is 0 Å². The van der Waals surface area contributed by atoms with Crippen LogP contribution in [0.15, 0.2) is 193 Å². The highest BCUT2D eigenvalue weighted by molar-refractivity contribution is 7.18. The first-order chi connectivity index (χ1) is 29.8. The summed E-state index contributed by atoms with van der Waals surface area (Å²) >= 11 is 3.66. The van der Waals surface area contributed by atoms with Crippen LogP contribution in [-0.2, 0) is 0 Å². The molecule has 0 aliphatic heterocycles. The molecule has 0 saturated carbocycles. The van der Waals surface area contributed by atoms with Crippen LogP contribution in [0.1, 0.15) is 0 Å². The molecule has 10 aromatic carbocycles. The molecule has 4 heteroatoms. The average molecular weight is 797 g/mol. The van der Waals surface area contributed by atoms with Gasteiger partial charge in [-0.05, 0) is 120 Å². The van der Waals surface area contributed by atoms with Gasteiger partial charge in [0.2, 0.25) is 0 Å². The van der Waals surface area contributed by atoms with Gasteiger partial charge in [-0.3, -0.25) is 0 Å². The van der Waals surface area contributed by atoms with E-state index in [9.17, 15) is 0 Å². The van der Waals surface area contributed by atoms with Crippen LogP contribution >= 0.6 is 22.7 Å². The molecule has 4 aromatic heterocycles.